The average Bonchev–Trinajstić information content (AvgIpc) is 3.13. The summed E-state index contributed by atoms with van der Waals surface area (Å²) in [5.74, 6) is -0.934. The van der Waals surface area contributed by atoms with Gasteiger partial charge in [-0.05, 0) is 30.7 Å². The molecule has 0 radical (unpaired) electrons. The molecule has 8 heteroatoms. The van der Waals surface area contributed by atoms with Gasteiger partial charge >= 0.3 is 5.97 Å². The van der Waals surface area contributed by atoms with Crippen LogP contribution in [0.15, 0.2) is 66.9 Å². The molecule has 0 atom stereocenters. The molecule has 0 saturated carbocycles. The van der Waals surface area contributed by atoms with Crippen LogP contribution in [-0.2, 0) is 17.9 Å². The van der Waals surface area contributed by atoms with Gasteiger partial charge in [0.1, 0.15) is 24.6 Å². The van der Waals surface area contributed by atoms with E-state index in [-0.39, 0.29) is 18.1 Å². The Morgan fingerprint density at radius 3 is 2.65 bits per heavy atom. The number of benzene rings is 2. The number of aromatic nitrogens is 3. The van der Waals surface area contributed by atoms with Gasteiger partial charge in [0, 0.05) is 23.3 Å². The molecule has 8 nitrogen and oxygen atoms in total. The van der Waals surface area contributed by atoms with Gasteiger partial charge in [0.05, 0.1) is 11.2 Å². The second-order valence-electron chi connectivity index (χ2n) is 7.02. The fourth-order valence-corrected chi connectivity index (χ4v) is 3.13. The van der Waals surface area contributed by atoms with Crippen LogP contribution in [0.4, 0.5) is 5.69 Å². The van der Waals surface area contributed by atoms with Gasteiger partial charge in [-0.1, -0.05) is 36.4 Å². The lowest BCUT2D eigenvalue weighted by Gasteiger charge is -2.13. The number of amides is 1. The Balaban J connectivity index is 1.67. The highest BCUT2D eigenvalue weighted by atomic mass is 16.5. The van der Waals surface area contributed by atoms with Crippen LogP contribution in [0.2, 0.25) is 0 Å². The maximum absolute atomic E-state index is 12.8. The average molecular weight is 416 g/mol. The van der Waals surface area contributed by atoms with Crippen molar-refractivity contribution in [1.29, 1.82) is 0 Å². The zero-order valence-electron chi connectivity index (χ0n) is 16.8. The Kier molecular flexibility index (Phi) is 5.61. The summed E-state index contributed by atoms with van der Waals surface area (Å²) in [4.78, 5) is 28.0. The normalized spacial score (nSPS) is 10.7. The van der Waals surface area contributed by atoms with Gasteiger partial charge < -0.3 is 15.2 Å². The molecule has 156 valence electrons. The molecule has 0 spiro atoms. The van der Waals surface area contributed by atoms with Crippen molar-refractivity contribution in [1.82, 2.24) is 14.8 Å². The van der Waals surface area contributed by atoms with Crippen molar-refractivity contribution in [3.8, 4) is 5.75 Å². The fourth-order valence-electron chi connectivity index (χ4n) is 3.13. The number of aryl methyl sites for hydroxylation is 1. The number of hydrogen-bond donors (Lipinski definition) is 2. The number of nitrogens with one attached hydrogen (secondary N) is 1. The SMILES string of the molecule is Cc1cccc(C(=O)Nc2cc3cn(CC(=O)O)nc3cc2OCc2ccccc2)n1. The number of fused-ring (bicyclic) bond motifs is 1. The first-order chi connectivity index (χ1) is 15.0. The largest absolute Gasteiger partial charge is 0.487 e. The van der Waals surface area contributed by atoms with Crippen LogP contribution in [0.5, 0.6) is 5.75 Å². The number of carbonyl (C=O) groups excluding carboxylic acids is 1. The summed E-state index contributed by atoms with van der Waals surface area (Å²) < 4.78 is 7.32. The van der Waals surface area contributed by atoms with E-state index < -0.39 is 5.97 Å². The Morgan fingerprint density at radius 1 is 1.10 bits per heavy atom. The summed E-state index contributed by atoms with van der Waals surface area (Å²) in [5, 5.41) is 16.9. The smallest absolute Gasteiger partial charge is 0.325 e. The van der Waals surface area contributed by atoms with E-state index in [0.717, 1.165) is 11.3 Å². The highest BCUT2D eigenvalue weighted by Crippen LogP contribution is 2.31. The number of nitrogens with zero attached hydrogens (tertiary/aromatic N) is 3. The monoisotopic (exact) mass is 416 g/mol. The molecule has 1 amide bonds. The number of carboxylic acids is 1. The third-order valence-corrected chi connectivity index (χ3v) is 4.56. The molecular formula is C23H20N4O4. The summed E-state index contributed by atoms with van der Waals surface area (Å²) in [6.45, 7) is 1.85. The number of pyridine rings is 1. The van der Waals surface area contributed by atoms with Crippen molar-refractivity contribution < 1.29 is 19.4 Å². The van der Waals surface area contributed by atoms with Crippen LogP contribution in [0.25, 0.3) is 10.9 Å². The van der Waals surface area contributed by atoms with Crippen LogP contribution >= 0.6 is 0 Å². The number of rotatable bonds is 7. The third-order valence-electron chi connectivity index (χ3n) is 4.56. The summed E-state index contributed by atoms with van der Waals surface area (Å²) in [5.41, 5.74) is 3.01. The fraction of sp³-hybridized carbons (Fsp3) is 0.130. The highest BCUT2D eigenvalue weighted by Gasteiger charge is 2.15. The minimum Gasteiger partial charge on any atom is -0.487 e. The minimum atomic E-state index is -0.993. The Hall–Kier alpha value is -4.20. The molecule has 0 aliphatic heterocycles. The van der Waals surface area contributed by atoms with E-state index in [9.17, 15) is 9.59 Å². The molecule has 2 aromatic heterocycles. The molecule has 0 unspecified atom stereocenters. The summed E-state index contributed by atoms with van der Waals surface area (Å²) in [6.07, 6.45) is 1.62. The zero-order chi connectivity index (χ0) is 21.8. The maximum Gasteiger partial charge on any atom is 0.325 e. The van der Waals surface area contributed by atoms with Gasteiger partial charge in [-0.25, -0.2) is 4.98 Å². The molecule has 2 aromatic carbocycles. The second kappa shape index (κ2) is 8.66. The summed E-state index contributed by atoms with van der Waals surface area (Å²) in [7, 11) is 0. The first-order valence-electron chi connectivity index (χ1n) is 9.63. The van der Waals surface area contributed by atoms with E-state index in [1.807, 2.05) is 43.3 Å². The van der Waals surface area contributed by atoms with Gasteiger partial charge in [0.25, 0.3) is 5.91 Å². The highest BCUT2D eigenvalue weighted by molar-refractivity contribution is 6.05. The number of ether oxygens (including phenoxy) is 1. The summed E-state index contributed by atoms with van der Waals surface area (Å²) >= 11 is 0. The van der Waals surface area contributed by atoms with Crippen molar-refractivity contribution in [3.63, 3.8) is 0 Å². The van der Waals surface area contributed by atoms with E-state index >= 15 is 0 Å². The molecule has 2 heterocycles. The Bertz CT molecular complexity index is 1250. The van der Waals surface area contributed by atoms with Crippen LogP contribution in [0.1, 0.15) is 21.7 Å². The van der Waals surface area contributed by atoms with Gasteiger partial charge in [-0.3, -0.25) is 14.3 Å². The molecule has 31 heavy (non-hydrogen) atoms. The van der Waals surface area contributed by atoms with Crippen LogP contribution < -0.4 is 10.1 Å². The van der Waals surface area contributed by atoms with Crippen molar-refractivity contribution in [3.05, 3.63) is 83.8 Å². The lowest BCUT2D eigenvalue weighted by atomic mass is 10.2. The van der Waals surface area contributed by atoms with E-state index in [4.69, 9.17) is 9.84 Å². The third kappa shape index (κ3) is 4.87. The van der Waals surface area contributed by atoms with E-state index in [0.29, 0.717) is 28.9 Å². The maximum atomic E-state index is 12.8. The van der Waals surface area contributed by atoms with Crippen LogP contribution in [0.3, 0.4) is 0 Å². The van der Waals surface area contributed by atoms with E-state index in [2.05, 4.69) is 15.4 Å². The first kappa shape index (κ1) is 20.1. The quantitative estimate of drug-likeness (QED) is 0.476. The minimum absolute atomic E-state index is 0.260. The second-order valence-corrected chi connectivity index (χ2v) is 7.02. The number of carboxylic acid groups (broad SMARTS) is 1. The van der Waals surface area contributed by atoms with Crippen LogP contribution in [-0.4, -0.2) is 31.7 Å². The molecule has 4 rings (SSSR count). The lowest BCUT2D eigenvalue weighted by Crippen LogP contribution is -2.15. The molecule has 4 aromatic rings. The Morgan fingerprint density at radius 2 is 1.90 bits per heavy atom. The van der Waals surface area contributed by atoms with Gasteiger partial charge in [-0.2, -0.15) is 5.10 Å². The predicted octanol–water partition coefficient (Wildman–Crippen LogP) is 3.66. The van der Waals surface area contributed by atoms with Crippen molar-refractivity contribution in [2.75, 3.05) is 5.32 Å². The van der Waals surface area contributed by atoms with Crippen molar-refractivity contribution in [2.24, 2.45) is 0 Å². The molecular weight excluding hydrogens is 396 g/mol. The standard InChI is InChI=1S/C23H20N4O4/c1-15-6-5-9-18(24-15)23(30)25-20-10-17-12-27(13-22(28)29)26-19(17)11-21(20)31-14-16-7-3-2-4-8-16/h2-12H,13-14H2,1H3,(H,25,30)(H,28,29). The molecule has 0 bridgehead atoms. The van der Waals surface area contributed by atoms with Gasteiger partial charge in [0.15, 0.2) is 0 Å². The molecule has 0 aliphatic rings. The molecule has 0 fully saturated rings. The number of hydrogen-bond acceptors (Lipinski definition) is 5. The predicted molar refractivity (Wildman–Crippen MR) is 115 cm³/mol. The van der Waals surface area contributed by atoms with Gasteiger partial charge in [-0.15, -0.1) is 0 Å². The van der Waals surface area contributed by atoms with Crippen molar-refractivity contribution in [2.45, 2.75) is 20.1 Å². The molecule has 0 saturated heterocycles. The number of anilines is 1. The zero-order valence-corrected chi connectivity index (χ0v) is 16.8. The van der Waals surface area contributed by atoms with Crippen molar-refractivity contribution >= 4 is 28.5 Å². The topological polar surface area (TPSA) is 106 Å². The van der Waals surface area contributed by atoms with Crippen LogP contribution in [0, 0.1) is 6.92 Å². The van der Waals surface area contributed by atoms with Gasteiger partial charge in [0.2, 0.25) is 0 Å². The molecule has 0 aliphatic carbocycles. The van der Waals surface area contributed by atoms with E-state index in [1.165, 1.54) is 4.68 Å². The molecule has 2 N–H and O–H groups in total. The number of carbonyl (C=O) groups is 2. The Labute approximate surface area is 178 Å². The lowest BCUT2D eigenvalue weighted by molar-refractivity contribution is -0.137. The van der Waals surface area contributed by atoms with E-state index in [1.54, 1.807) is 30.5 Å². The summed E-state index contributed by atoms with van der Waals surface area (Å²) in [6, 6.07) is 18.3. The first-order valence-corrected chi connectivity index (χ1v) is 9.63. The number of aliphatic carboxylic acids is 1.